The van der Waals surface area contributed by atoms with E-state index >= 15 is 0 Å². The first kappa shape index (κ1) is 15.7. The van der Waals surface area contributed by atoms with Crippen molar-refractivity contribution in [1.82, 2.24) is 0 Å². The standard InChI is InChI=1S/C2H4O2.Ce.Pb.2H/c1-2(3)4;;;;/h1H3,(H,3,4);;;;. The van der Waals surface area contributed by atoms with Crippen molar-refractivity contribution in [2.75, 3.05) is 0 Å². The van der Waals surface area contributed by atoms with E-state index in [1.54, 1.807) is 0 Å². The van der Waals surface area contributed by atoms with Crippen LogP contribution in [-0.2, 0) is 4.79 Å². The molecule has 0 aliphatic rings. The molecule has 0 amide bonds. The Labute approximate surface area is 90.2 Å². The summed E-state index contributed by atoms with van der Waals surface area (Å²) >= 11 is 0. The van der Waals surface area contributed by atoms with E-state index < -0.39 is 5.97 Å². The molecule has 0 bridgehead atoms. The molecule has 0 aromatic heterocycles. The molecule has 2 radical (unpaired) electrons. The van der Waals surface area contributed by atoms with Gasteiger partial charge in [-0.25, -0.2) is 0 Å². The minimum atomic E-state index is -0.833. The maximum atomic E-state index is 9.00. The van der Waals surface area contributed by atoms with Gasteiger partial charge in [-0.3, -0.25) is 4.79 Å². The van der Waals surface area contributed by atoms with E-state index in [9.17, 15) is 0 Å². The molecule has 1 N–H and O–H groups in total. The predicted octanol–water partition coefficient (Wildman–Crippen LogP) is -0.825. The molecule has 6 heavy (non-hydrogen) atoms. The third-order valence-corrected chi connectivity index (χ3v) is 0. The fourth-order valence-corrected chi connectivity index (χ4v) is 0. The van der Waals surface area contributed by atoms with E-state index in [-0.39, 0.29) is 69.0 Å². The number of carboxylic acid groups (broad SMARTS) is 1. The predicted molar refractivity (Wildman–Crippen MR) is 21.9 cm³/mol. The zero-order valence-electron chi connectivity index (χ0n) is 3.56. The molecule has 0 aromatic rings. The third-order valence-electron chi connectivity index (χ3n) is 0. The van der Waals surface area contributed by atoms with Gasteiger partial charge in [-0.1, -0.05) is 0 Å². The summed E-state index contributed by atoms with van der Waals surface area (Å²) in [6, 6.07) is 0. The Kier molecular flexibility index (Phi) is 25.8. The first-order valence-corrected chi connectivity index (χ1v) is 0.928. The van der Waals surface area contributed by atoms with Crippen molar-refractivity contribution in [3.8, 4) is 0 Å². The van der Waals surface area contributed by atoms with Crippen LogP contribution in [0.25, 0.3) is 0 Å². The zero-order valence-corrected chi connectivity index (χ0v) is 12.2. The number of hydrogen-bond acceptors (Lipinski definition) is 1. The normalized spacial score (nSPS) is 4.17. The van der Waals surface area contributed by atoms with Gasteiger partial charge in [0.25, 0.3) is 5.97 Å². The van der Waals surface area contributed by atoms with Crippen LogP contribution in [0, 0.1) is 41.7 Å². The van der Waals surface area contributed by atoms with Gasteiger partial charge in [0.1, 0.15) is 0 Å². The van der Waals surface area contributed by atoms with Gasteiger partial charge >= 0.3 is 27.3 Å². The van der Waals surface area contributed by atoms with Crippen molar-refractivity contribution in [3.63, 3.8) is 0 Å². The first-order valence-electron chi connectivity index (χ1n) is 0.928. The summed E-state index contributed by atoms with van der Waals surface area (Å²) in [7, 11) is 0. The molecular weight excluding hydrogens is 403 g/mol. The number of hydrogen-bond donors (Lipinski definition) is 1. The zero-order chi connectivity index (χ0) is 3.58. The Morgan fingerprint density at radius 1 is 1.67 bits per heavy atom. The summed E-state index contributed by atoms with van der Waals surface area (Å²) in [5.74, 6) is -0.833. The quantitative estimate of drug-likeness (QED) is 0.531. The first-order chi connectivity index (χ1) is 1.73. The Hall–Kier alpha value is 1.77. The van der Waals surface area contributed by atoms with E-state index in [4.69, 9.17) is 9.90 Å². The van der Waals surface area contributed by atoms with Crippen LogP contribution in [0.3, 0.4) is 0 Å². The number of carboxylic acids is 1. The van der Waals surface area contributed by atoms with Crippen LogP contribution in [0.4, 0.5) is 0 Å². The Balaban J connectivity index is -0.0000000450. The maximum absolute atomic E-state index is 9.00. The molecule has 0 aliphatic carbocycles. The summed E-state index contributed by atoms with van der Waals surface area (Å²) in [6.07, 6.45) is 0. The summed E-state index contributed by atoms with van der Waals surface area (Å²) in [6.45, 7) is 1.08. The van der Waals surface area contributed by atoms with Crippen molar-refractivity contribution in [3.05, 3.63) is 0 Å². The van der Waals surface area contributed by atoms with Crippen LogP contribution in [-0.4, -0.2) is 38.4 Å². The van der Waals surface area contributed by atoms with Crippen molar-refractivity contribution in [1.29, 1.82) is 0 Å². The second kappa shape index (κ2) is 9.91. The van der Waals surface area contributed by atoms with Gasteiger partial charge in [0.2, 0.25) is 0 Å². The van der Waals surface area contributed by atoms with Crippen molar-refractivity contribution >= 4 is 33.3 Å². The number of aliphatic carboxylic acids is 1. The molecule has 0 fully saturated rings. The van der Waals surface area contributed by atoms with E-state index in [0.717, 1.165) is 6.92 Å². The summed E-state index contributed by atoms with van der Waals surface area (Å²) in [4.78, 5) is 9.00. The van der Waals surface area contributed by atoms with Crippen molar-refractivity contribution in [2.45, 2.75) is 6.92 Å². The van der Waals surface area contributed by atoms with Crippen LogP contribution in [0.2, 0.25) is 0 Å². The second-order valence-electron chi connectivity index (χ2n) is 0.519. The number of rotatable bonds is 0. The fraction of sp³-hybridized carbons (Fsp3) is 0.500. The van der Waals surface area contributed by atoms with Gasteiger partial charge < -0.3 is 5.11 Å². The van der Waals surface area contributed by atoms with Crippen molar-refractivity contribution in [2.24, 2.45) is 0 Å². The minimum absolute atomic E-state index is 0. The van der Waals surface area contributed by atoms with Gasteiger partial charge in [-0.15, -0.1) is 0 Å². The SMILES string of the molecule is CC(=O)O.[Ce].[PbH2]. The monoisotopic (exact) mass is 410 g/mol. The second-order valence-corrected chi connectivity index (χ2v) is 0.519. The third kappa shape index (κ3) is 41.9. The Morgan fingerprint density at radius 2 is 1.67 bits per heavy atom. The van der Waals surface area contributed by atoms with E-state index in [1.807, 2.05) is 0 Å². The summed E-state index contributed by atoms with van der Waals surface area (Å²) in [5.41, 5.74) is 0. The molecule has 0 saturated heterocycles. The molecule has 2 nitrogen and oxygen atoms in total. The molecule has 0 saturated carbocycles. The summed E-state index contributed by atoms with van der Waals surface area (Å²) in [5, 5.41) is 7.42. The average Bonchev–Trinajstić information content (AvgIpc) is 0.811. The van der Waals surface area contributed by atoms with Gasteiger partial charge in [-0.2, -0.15) is 0 Å². The molecule has 0 unspecified atom stereocenters. The molecular formula is C2H6CeO2Pb. The molecule has 4 heteroatoms. The molecule has 0 aliphatic heterocycles. The van der Waals surface area contributed by atoms with Crippen LogP contribution >= 0.6 is 0 Å². The summed E-state index contributed by atoms with van der Waals surface area (Å²) < 4.78 is 0. The molecule has 0 atom stereocenters. The van der Waals surface area contributed by atoms with E-state index in [0.29, 0.717) is 0 Å². The van der Waals surface area contributed by atoms with Crippen LogP contribution < -0.4 is 0 Å². The topological polar surface area (TPSA) is 37.3 Å². The Morgan fingerprint density at radius 3 is 1.67 bits per heavy atom. The van der Waals surface area contributed by atoms with Crippen LogP contribution in [0.1, 0.15) is 6.92 Å². The van der Waals surface area contributed by atoms with Gasteiger partial charge in [0.05, 0.1) is 0 Å². The average molecular weight is 409 g/mol. The fourth-order valence-electron chi connectivity index (χ4n) is 0. The Bertz CT molecular complexity index is 34.5. The number of carbonyl (C=O) groups is 1. The van der Waals surface area contributed by atoms with E-state index in [1.165, 1.54) is 0 Å². The van der Waals surface area contributed by atoms with Gasteiger partial charge in [0.15, 0.2) is 0 Å². The molecule has 0 heterocycles. The molecule has 0 spiro atoms. The van der Waals surface area contributed by atoms with Crippen molar-refractivity contribution < 1.29 is 51.6 Å². The van der Waals surface area contributed by atoms with Crippen LogP contribution in [0.15, 0.2) is 0 Å². The van der Waals surface area contributed by atoms with Gasteiger partial charge in [0, 0.05) is 48.7 Å². The van der Waals surface area contributed by atoms with E-state index in [2.05, 4.69) is 0 Å². The van der Waals surface area contributed by atoms with Crippen LogP contribution in [0.5, 0.6) is 0 Å². The molecule has 34 valence electrons. The molecule has 0 rings (SSSR count). The molecule has 0 aromatic carbocycles. The van der Waals surface area contributed by atoms with Gasteiger partial charge in [-0.05, 0) is 0 Å².